The molecule has 0 saturated carbocycles. The molecule has 0 aliphatic carbocycles. The molecule has 1 amide bonds. The Morgan fingerprint density at radius 1 is 1.47 bits per heavy atom. The molecule has 0 atom stereocenters. The average molecular weight is 309 g/mol. The van der Waals surface area contributed by atoms with Gasteiger partial charge >= 0.3 is 105 Å². The summed E-state index contributed by atoms with van der Waals surface area (Å²) in [5, 5.41) is 3.88. The monoisotopic (exact) mass is 308 g/mol. The fourth-order valence-corrected chi connectivity index (χ4v) is 1.82. The third kappa shape index (κ3) is 3.69. The van der Waals surface area contributed by atoms with Crippen LogP contribution in [0.4, 0.5) is 0 Å². The van der Waals surface area contributed by atoms with Gasteiger partial charge in [0.1, 0.15) is 0 Å². The van der Waals surface area contributed by atoms with Gasteiger partial charge in [-0.1, -0.05) is 0 Å². The molecular weight excluding hydrogens is 300 g/mol. The maximum atomic E-state index is 11.6. The summed E-state index contributed by atoms with van der Waals surface area (Å²) in [6.45, 7) is 0.457. The number of rotatable bonds is 4. The van der Waals surface area contributed by atoms with Crippen molar-refractivity contribution in [2.45, 2.75) is 5.21 Å². The fourth-order valence-electron chi connectivity index (χ4n) is 0.994. The van der Waals surface area contributed by atoms with Gasteiger partial charge in [0.05, 0.1) is 0 Å². The van der Waals surface area contributed by atoms with E-state index in [1.807, 2.05) is 0 Å². The number of carbonyl (C=O) groups is 1. The van der Waals surface area contributed by atoms with E-state index >= 15 is 0 Å². The second-order valence-electron chi connectivity index (χ2n) is 2.72. The molecule has 0 aliphatic rings. The molecule has 0 unspecified atom stereocenters. The average Bonchev–Trinajstić information content (AvgIpc) is 2.22. The van der Waals surface area contributed by atoms with Crippen LogP contribution in [0.25, 0.3) is 0 Å². The zero-order valence-electron chi connectivity index (χ0n) is 7.70. The van der Waals surface area contributed by atoms with Gasteiger partial charge in [-0.2, -0.15) is 0 Å². The summed E-state index contributed by atoms with van der Waals surface area (Å²) in [7, 11) is 0. The standard InChI is InChI=1S/C9H9AsCl2NO2/c11-7-3-1-2-6(8(7)12)9(14)13-5-4-10-15/h1-3,15H,4-5H2,(H,13,14). The first-order chi connectivity index (χ1) is 7.16. The summed E-state index contributed by atoms with van der Waals surface area (Å²) in [6.07, 6.45) is 0. The van der Waals surface area contributed by atoms with Gasteiger partial charge in [-0.05, 0) is 0 Å². The van der Waals surface area contributed by atoms with E-state index in [0.717, 1.165) is 0 Å². The Bertz CT molecular complexity index is 360. The van der Waals surface area contributed by atoms with Gasteiger partial charge in [0.25, 0.3) is 0 Å². The molecular formula is C9H9AsCl2NO2. The summed E-state index contributed by atoms with van der Waals surface area (Å²) in [6, 6.07) is 4.90. The van der Waals surface area contributed by atoms with Gasteiger partial charge < -0.3 is 0 Å². The molecule has 3 nitrogen and oxygen atoms in total. The number of hydrogen-bond donors (Lipinski definition) is 2. The topological polar surface area (TPSA) is 49.3 Å². The molecule has 1 aromatic rings. The van der Waals surface area contributed by atoms with Gasteiger partial charge in [-0.25, -0.2) is 0 Å². The van der Waals surface area contributed by atoms with E-state index in [1.54, 1.807) is 18.2 Å². The number of carbonyl (C=O) groups excluding carboxylic acids is 1. The molecule has 0 saturated heterocycles. The normalized spacial score (nSPS) is 10.9. The molecule has 15 heavy (non-hydrogen) atoms. The van der Waals surface area contributed by atoms with Crippen molar-refractivity contribution in [2.75, 3.05) is 6.54 Å². The van der Waals surface area contributed by atoms with E-state index in [9.17, 15) is 4.79 Å². The quantitative estimate of drug-likeness (QED) is 0.658. The number of amides is 1. The number of nitrogens with one attached hydrogen (secondary N) is 1. The molecule has 81 valence electrons. The molecule has 2 N–H and O–H groups in total. The van der Waals surface area contributed by atoms with Crippen LogP contribution in [0.5, 0.6) is 0 Å². The van der Waals surface area contributed by atoms with Gasteiger partial charge in [0, 0.05) is 0 Å². The van der Waals surface area contributed by atoms with E-state index < -0.39 is 16.1 Å². The second-order valence-corrected chi connectivity index (χ2v) is 5.04. The molecule has 0 heterocycles. The molecule has 0 fully saturated rings. The van der Waals surface area contributed by atoms with E-state index in [0.29, 0.717) is 22.3 Å². The number of hydrogen-bond acceptors (Lipinski definition) is 2. The Hall–Kier alpha value is -0.212. The van der Waals surface area contributed by atoms with Crippen LogP contribution >= 0.6 is 23.2 Å². The minimum absolute atomic E-state index is 0.258. The Kier molecular flexibility index (Phi) is 5.48. The first-order valence-electron chi connectivity index (χ1n) is 4.20. The summed E-state index contributed by atoms with van der Waals surface area (Å²) in [5.41, 5.74) is 0.360. The fraction of sp³-hybridized carbons (Fsp3) is 0.222. The Morgan fingerprint density at radius 3 is 2.87 bits per heavy atom. The predicted molar refractivity (Wildman–Crippen MR) is 61.6 cm³/mol. The van der Waals surface area contributed by atoms with E-state index in [-0.39, 0.29) is 10.9 Å². The molecule has 1 radical (unpaired) electrons. The van der Waals surface area contributed by atoms with Crippen LogP contribution in [0.1, 0.15) is 10.4 Å². The van der Waals surface area contributed by atoms with Gasteiger partial charge in [-0.15, -0.1) is 0 Å². The van der Waals surface area contributed by atoms with Crippen molar-refractivity contribution in [3.05, 3.63) is 33.8 Å². The van der Waals surface area contributed by atoms with E-state index in [2.05, 4.69) is 5.32 Å². The number of halogens is 2. The van der Waals surface area contributed by atoms with Crippen molar-refractivity contribution in [1.29, 1.82) is 0 Å². The van der Waals surface area contributed by atoms with Crippen LogP contribution in [0.15, 0.2) is 18.2 Å². The Labute approximate surface area is 105 Å². The minimum atomic E-state index is -0.660. The summed E-state index contributed by atoms with van der Waals surface area (Å²) in [4.78, 5) is 11.6. The summed E-state index contributed by atoms with van der Waals surface area (Å²) in [5.74, 6) is -0.267. The molecule has 0 bridgehead atoms. The molecule has 1 aromatic carbocycles. The van der Waals surface area contributed by atoms with Crippen molar-refractivity contribution in [3.8, 4) is 0 Å². The Morgan fingerprint density at radius 2 is 2.20 bits per heavy atom. The molecule has 0 aliphatic heterocycles. The van der Waals surface area contributed by atoms with E-state index in [1.165, 1.54) is 0 Å². The zero-order valence-corrected chi connectivity index (χ0v) is 11.1. The van der Waals surface area contributed by atoms with Crippen molar-refractivity contribution in [1.82, 2.24) is 5.32 Å². The van der Waals surface area contributed by atoms with Crippen molar-refractivity contribution in [2.24, 2.45) is 0 Å². The van der Waals surface area contributed by atoms with Crippen molar-refractivity contribution < 1.29 is 8.89 Å². The van der Waals surface area contributed by atoms with Gasteiger partial charge in [-0.3, -0.25) is 0 Å². The maximum absolute atomic E-state index is 11.6. The SMILES string of the molecule is O=C(NCC[As]O)c1cccc(Cl)c1Cl. The van der Waals surface area contributed by atoms with Crippen LogP contribution in [0, 0.1) is 0 Å². The summed E-state index contributed by atoms with van der Waals surface area (Å²) >= 11 is 11.0. The van der Waals surface area contributed by atoms with Crippen LogP contribution in [-0.4, -0.2) is 32.6 Å². The van der Waals surface area contributed by atoms with Crippen molar-refractivity contribution in [3.63, 3.8) is 0 Å². The zero-order chi connectivity index (χ0) is 11.3. The summed E-state index contributed by atoms with van der Waals surface area (Å²) < 4.78 is 8.64. The number of benzene rings is 1. The molecule has 1 rings (SSSR count). The molecule has 0 aromatic heterocycles. The third-order valence-corrected chi connectivity index (χ3v) is 3.40. The molecule has 0 spiro atoms. The van der Waals surface area contributed by atoms with Gasteiger partial charge in [0.2, 0.25) is 0 Å². The van der Waals surface area contributed by atoms with Crippen LogP contribution in [0.2, 0.25) is 15.3 Å². The van der Waals surface area contributed by atoms with Crippen LogP contribution < -0.4 is 5.32 Å². The second kappa shape index (κ2) is 6.39. The Balaban J connectivity index is 2.69. The predicted octanol–water partition coefficient (Wildman–Crippen LogP) is 1.75. The van der Waals surface area contributed by atoms with Crippen LogP contribution in [-0.2, 0) is 0 Å². The van der Waals surface area contributed by atoms with Crippen LogP contribution in [0.3, 0.4) is 0 Å². The third-order valence-electron chi connectivity index (χ3n) is 1.69. The molecule has 6 heteroatoms. The van der Waals surface area contributed by atoms with E-state index in [4.69, 9.17) is 27.3 Å². The van der Waals surface area contributed by atoms with Gasteiger partial charge in [0.15, 0.2) is 0 Å². The first-order valence-corrected chi connectivity index (χ1v) is 7.12. The van der Waals surface area contributed by atoms with Crippen molar-refractivity contribution >= 4 is 45.2 Å². The first kappa shape index (κ1) is 12.9.